The topological polar surface area (TPSA) is 122 Å². The maximum absolute atomic E-state index is 13.9. The number of ether oxygens (including phenoxy) is 6. The molecule has 1 N–H and O–H groups in total. The normalized spacial score (nSPS) is 20.0. The maximum Gasteiger partial charge on any atom is 0.344 e. The quantitative estimate of drug-likeness (QED) is 0.344. The second kappa shape index (κ2) is 12.0. The standard InChI is InChI=1S/C29H30N2O9S/c1-5-36-24(32)14-38-19-10-8-18(13-21(19)35-4)26-25(28(34)37-6-2)16(3)30-29-31(26)27(33)23(41-29)12-17-7-9-20-22(11-17)40-15-39-20/h7-13,26,29-30H,5-6,14-15H2,1-4H3. The van der Waals surface area contributed by atoms with Crippen LogP contribution in [-0.4, -0.2) is 62.0 Å². The summed E-state index contributed by atoms with van der Waals surface area (Å²) >= 11 is 1.35. The molecule has 11 nitrogen and oxygen atoms in total. The first-order chi connectivity index (χ1) is 19.8. The second-order valence-corrected chi connectivity index (χ2v) is 10.2. The number of hydrogen-bond acceptors (Lipinski definition) is 11. The first-order valence-corrected chi connectivity index (χ1v) is 13.9. The van der Waals surface area contributed by atoms with Gasteiger partial charge in [0.05, 0.1) is 36.8 Å². The molecule has 3 aliphatic heterocycles. The zero-order chi connectivity index (χ0) is 29.1. The Labute approximate surface area is 241 Å². The van der Waals surface area contributed by atoms with Crippen molar-refractivity contribution in [2.45, 2.75) is 32.3 Å². The summed E-state index contributed by atoms with van der Waals surface area (Å²) in [7, 11) is 1.47. The van der Waals surface area contributed by atoms with E-state index in [-0.39, 0.29) is 32.5 Å². The van der Waals surface area contributed by atoms with E-state index in [1.54, 1.807) is 56.0 Å². The predicted octanol–water partition coefficient (Wildman–Crippen LogP) is 3.75. The van der Waals surface area contributed by atoms with E-state index < -0.39 is 23.5 Å². The smallest absolute Gasteiger partial charge is 0.344 e. The minimum Gasteiger partial charge on any atom is -0.493 e. The molecule has 0 aliphatic carbocycles. The molecule has 0 spiro atoms. The predicted molar refractivity (Wildman–Crippen MR) is 149 cm³/mol. The van der Waals surface area contributed by atoms with Crippen LogP contribution in [0.2, 0.25) is 0 Å². The fraction of sp³-hybridized carbons (Fsp3) is 0.345. The first-order valence-electron chi connectivity index (χ1n) is 13.1. The van der Waals surface area contributed by atoms with E-state index in [0.29, 0.717) is 44.7 Å². The van der Waals surface area contributed by atoms with Crippen LogP contribution in [-0.2, 0) is 23.9 Å². The molecule has 1 amide bonds. The van der Waals surface area contributed by atoms with Crippen molar-refractivity contribution in [3.63, 3.8) is 0 Å². The molecule has 5 rings (SSSR count). The lowest BCUT2D eigenvalue weighted by Crippen LogP contribution is -2.50. The average molecular weight is 583 g/mol. The highest BCUT2D eigenvalue weighted by molar-refractivity contribution is 8.05. The monoisotopic (exact) mass is 582 g/mol. The maximum atomic E-state index is 13.9. The molecule has 0 bridgehead atoms. The molecule has 2 aromatic rings. The van der Waals surface area contributed by atoms with E-state index in [1.165, 1.54) is 18.9 Å². The molecular weight excluding hydrogens is 552 g/mol. The van der Waals surface area contributed by atoms with Gasteiger partial charge in [-0.2, -0.15) is 0 Å². The van der Waals surface area contributed by atoms with E-state index >= 15 is 0 Å². The Morgan fingerprint density at radius 3 is 2.61 bits per heavy atom. The molecule has 41 heavy (non-hydrogen) atoms. The molecule has 0 aromatic heterocycles. The lowest BCUT2D eigenvalue weighted by molar-refractivity contribution is -0.145. The Morgan fingerprint density at radius 2 is 1.85 bits per heavy atom. The Morgan fingerprint density at radius 1 is 1.07 bits per heavy atom. The SMILES string of the molecule is CCOC(=O)COc1ccc(C2C(C(=O)OCC)=C(C)NC3SC(=Cc4ccc5c(c4)OCO5)C(=O)N32)cc1OC. The molecule has 1 fully saturated rings. The van der Waals surface area contributed by atoms with Crippen molar-refractivity contribution in [1.29, 1.82) is 0 Å². The fourth-order valence-corrected chi connectivity index (χ4v) is 6.00. The summed E-state index contributed by atoms with van der Waals surface area (Å²) in [6.45, 7) is 5.50. The highest BCUT2D eigenvalue weighted by atomic mass is 32.2. The number of thioether (sulfide) groups is 1. The number of nitrogens with one attached hydrogen (secondary N) is 1. The minimum atomic E-state index is -0.782. The third-order valence-corrected chi connectivity index (χ3v) is 7.69. The van der Waals surface area contributed by atoms with Crippen molar-refractivity contribution in [2.75, 3.05) is 33.7 Å². The summed E-state index contributed by atoms with van der Waals surface area (Å²) < 4.78 is 32.4. The van der Waals surface area contributed by atoms with Crippen LogP contribution >= 0.6 is 11.8 Å². The molecule has 2 atom stereocenters. The zero-order valence-electron chi connectivity index (χ0n) is 23.1. The molecule has 0 saturated carbocycles. The summed E-state index contributed by atoms with van der Waals surface area (Å²) in [5, 5.41) is 3.29. The first kappa shape index (κ1) is 28.2. The van der Waals surface area contributed by atoms with Gasteiger partial charge in [0.1, 0.15) is 0 Å². The molecule has 3 aliphatic rings. The third-order valence-electron chi connectivity index (χ3n) is 6.58. The molecule has 1 saturated heterocycles. The highest BCUT2D eigenvalue weighted by Gasteiger charge is 2.48. The van der Waals surface area contributed by atoms with Crippen LogP contribution in [0.15, 0.2) is 52.6 Å². The van der Waals surface area contributed by atoms with Crippen molar-refractivity contribution in [3.8, 4) is 23.0 Å². The molecule has 12 heteroatoms. The Kier molecular flexibility index (Phi) is 8.29. The number of carbonyl (C=O) groups excluding carboxylic acids is 3. The van der Waals surface area contributed by atoms with Gasteiger partial charge in [0.25, 0.3) is 5.91 Å². The fourth-order valence-electron chi connectivity index (χ4n) is 4.78. The van der Waals surface area contributed by atoms with Crippen LogP contribution in [0.25, 0.3) is 6.08 Å². The number of hydrogen-bond donors (Lipinski definition) is 1. The van der Waals surface area contributed by atoms with E-state index in [9.17, 15) is 14.4 Å². The number of carbonyl (C=O) groups is 3. The highest BCUT2D eigenvalue weighted by Crippen LogP contribution is 2.48. The van der Waals surface area contributed by atoms with Crippen molar-refractivity contribution in [3.05, 3.63) is 63.7 Å². The Balaban J connectivity index is 1.51. The van der Waals surface area contributed by atoms with Gasteiger partial charge in [-0.3, -0.25) is 9.69 Å². The number of benzene rings is 2. The third kappa shape index (κ3) is 5.64. The lowest BCUT2D eigenvalue weighted by Gasteiger charge is -2.39. The Bertz CT molecular complexity index is 1440. The molecule has 216 valence electrons. The summed E-state index contributed by atoms with van der Waals surface area (Å²) in [6, 6.07) is 9.76. The number of nitrogens with zero attached hydrogens (tertiary/aromatic N) is 1. The van der Waals surface area contributed by atoms with E-state index in [4.69, 9.17) is 28.4 Å². The van der Waals surface area contributed by atoms with Crippen LogP contribution in [0.1, 0.15) is 37.9 Å². The average Bonchev–Trinajstić information content (AvgIpc) is 3.55. The van der Waals surface area contributed by atoms with Crippen LogP contribution < -0.4 is 24.3 Å². The van der Waals surface area contributed by atoms with Crippen molar-refractivity contribution in [1.82, 2.24) is 10.2 Å². The van der Waals surface area contributed by atoms with Crippen molar-refractivity contribution < 1.29 is 42.8 Å². The molecule has 0 radical (unpaired) electrons. The number of allylic oxidation sites excluding steroid dienone is 1. The molecule has 3 heterocycles. The summed E-state index contributed by atoms with van der Waals surface area (Å²) in [5.74, 6) is 0.614. The van der Waals surface area contributed by atoms with Gasteiger partial charge in [-0.1, -0.05) is 23.9 Å². The number of esters is 2. The summed E-state index contributed by atoms with van der Waals surface area (Å²) in [5.41, 5.74) is 1.82. The molecule has 2 unspecified atom stereocenters. The zero-order valence-corrected chi connectivity index (χ0v) is 23.9. The van der Waals surface area contributed by atoms with E-state index in [0.717, 1.165) is 5.56 Å². The van der Waals surface area contributed by atoms with E-state index in [1.807, 2.05) is 12.1 Å². The number of amides is 1. The van der Waals surface area contributed by atoms with Crippen LogP contribution in [0.3, 0.4) is 0 Å². The van der Waals surface area contributed by atoms with Gasteiger partial charge in [0.2, 0.25) is 6.79 Å². The minimum absolute atomic E-state index is 0.155. The molecular formula is C29H30N2O9S. The van der Waals surface area contributed by atoms with Gasteiger partial charge in [-0.05, 0) is 62.2 Å². The number of rotatable bonds is 9. The van der Waals surface area contributed by atoms with Crippen LogP contribution in [0.5, 0.6) is 23.0 Å². The lowest BCUT2D eigenvalue weighted by atomic mass is 9.93. The number of fused-ring (bicyclic) bond motifs is 2. The summed E-state index contributed by atoms with van der Waals surface area (Å²) in [6.07, 6.45) is 1.79. The van der Waals surface area contributed by atoms with E-state index in [2.05, 4.69) is 5.32 Å². The second-order valence-electron chi connectivity index (χ2n) is 9.11. The summed E-state index contributed by atoms with van der Waals surface area (Å²) in [4.78, 5) is 41.0. The largest absolute Gasteiger partial charge is 0.493 e. The van der Waals surface area contributed by atoms with Gasteiger partial charge < -0.3 is 33.7 Å². The molecule has 2 aromatic carbocycles. The van der Waals surface area contributed by atoms with Gasteiger partial charge in [-0.15, -0.1) is 0 Å². The van der Waals surface area contributed by atoms with Gasteiger partial charge in [0.15, 0.2) is 35.1 Å². The Hall–Kier alpha value is -4.32. The van der Waals surface area contributed by atoms with Crippen molar-refractivity contribution >= 4 is 35.7 Å². The van der Waals surface area contributed by atoms with Crippen molar-refractivity contribution in [2.24, 2.45) is 0 Å². The van der Waals surface area contributed by atoms with Gasteiger partial charge >= 0.3 is 11.9 Å². The van der Waals surface area contributed by atoms with Gasteiger partial charge in [0, 0.05) is 5.70 Å². The van der Waals surface area contributed by atoms with Crippen LogP contribution in [0.4, 0.5) is 0 Å². The van der Waals surface area contributed by atoms with Gasteiger partial charge in [-0.25, -0.2) is 9.59 Å². The van der Waals surface area contributed by atoms with Crippen LogP contribution in [0, 0.1) is 0 Å². The number of methoxy groups -OCH3 is 1.